The van der Waals surface area contributed by atoms with Gasteiger partial charge in [0.15, 0.2) is 5.76 Å². The highest BCUT2D eigenvalue weighted by atomic mass is 16.5. The molecule has 1 atom stereocenters. The third-order valence-electron chi connectivity index (χ3n) is 5.36. The topological polar surface area (TPSA) is 84.9 Å². The summed E-state index contributed by atoms with van der Waals surface area (Å²) in [5.41, 5.74) is 2.04. The van der Waals surface area contributed by atoms with Crippen molar-refractivity contribution in [1.29, 1.82) is 0 Å². The fraction of sp³-hybridized carbons (Fsp3) is 0.333. The van der Waals surface area contributed by atoms with Gasteiger partial charge in [0.2, 0.25) is 5.91 Å². The molecule has 1 aromatic carbocycles. The minimum Gasteiger partial charge on any atom is -0.467 e. The summed E-state index contributed by atoms with van der Waals surface area (Å²) < 4.78 is 16.1. The van der Waals surface area contributed by atoms with E-state index in [0.29, 0.717) is 38.6 Å². The molecule has 0 saturated carbocycles. The second kappa shape index (κ2) is 10.1. The largest absolute Gasteiger partial charge is 0.467 e. The maximum atomic E-state index is 12.7. The standard InChI is InChI=1S/C24H26N2O5/c27-23(20-7-2-10-26(15-20)24(28)22-9-4-12-31-22)25-14-18-5-1-6-19(13-18)16-29-17-21-8-3-11-30-21/h1,3-6,8-9,11-13,20H,2,7,10,14-17H2,(H,25,27). The summed E-state index contributed by atoms with van der Waals surface area (Å²) in [5.74, 6) is 0.691. The van der Waals surface area contributed by atoms with E-state index in [1.165, 1.54) is 6.26 Å². The quantitative estimate of drug-likeness (QED) is 0.598. The van der Waals surface area contributed by atoms with Gasteiger partial charge in [-0.15, -0.1) is 0 Å². The second-order valence-electron chi connectivity index (χ2n) is 7.68. The number of amides is 2. The van der Waals surface area contributed by atoms with Crippen LogP contribution in [0.3, 0.4) is 0 Å². The van der Waals surface area contributed by atoms with Gasteiger partial charge in [0.25, 0.3) is 5.91 Å². The number of benzene rings is 1. The van der Waals surface area contributed by atoms with Gasteiger partial charge in [0.1, 0.15) is 12.4 Å². The zero-order valence-electron chi connectivity index (χ0n) is 17.3. The Hall–Kier alpha value is -3.32. The van der Waals surface area contributed by atoms with Gasteiger partial charge in [0.05, 0.1) is 25.1 Å². The van der Waals surface area contributed by atoms with E-state index in [-0.39, 0.29) is 17.7 Å². The number of hydrogen-bond acceptors (Lipinski definition) is 5. The summed E-state index contributed by atoms with van der Waals surface area (Å²) in [4.78, 5) is 26.9. The Balaban J connectivity index is 1.25. The van der Waals surface area contributed by atoms with E-state index in [2.05, 4.69) is 5.32 Å². The second-order valence-corrected chi connectivity index (χ2v) is 7.68. The van der Waals surface area contributed by atoms with Crippen LogP contribution in [0.1, 0.15) is 40.3 Å². The van der Waals surface area contributed by atoms with E-state index in [9.17, 15) is 9.59 Å². The highest BCUT2D eigenvalue weighted by molar-refractivity contribution is 5.92. The monoisotopic (exact) mass is 422 g/mol. The van der Waals surface area contributed by atoms with Gasteiger partial charge in [-0.25, -0.2) is 0 Å². The number of piperidine rings is 1. The fourth-order valence-corrected chi connectivity index (χ4v) is 3.76. The molecular formula is C24H26N2O5. The van der Waals surface area contributed by atoms with Crippen LogP contribution in [0.25, 0.3) is 0 Å². The van der Waals surface area contributed by atoms with Crippen LogP contribution in [-0.4, -0.2) is 29.8 Å². The minimum absolute atomic E-state index is 0.0311. The molecule has 4 rings (SSSR count). The number of carbonyl (C=O) groups is 2. The van der Waals surface area contributed by atoms with E-state index in [4.69, 9.17) is 13.6 Å². The van der Waals surface area contributed by atoms with Crippen molar-refractivity contribution >= 4 is 11.8 Å². The molecule has 2 aromatic heterocycles. The van der Waals surface area contributed by atoms with Crippen molar-refractivity contribution in [2.75, 3.05) is 13.1 Å². The fourth-order valence-electron chi connectivity index (χ4n) is 3.76. The van der Waals surface area contributed by atoms with E-state index in [1.807, 2.05) is 36.4 Å². The van der Waals surface area contributed by atoms with E-state index < -0.39 is 0 Å². The Labute approximate surface area is 181 Å². The average molecular weight is 422 g/mol. The number of likely N-dealkylation sites (tertiary alicyclic amines) is 1. The minimum atomic E-state index is -0.215. The Kier molecular flexibility index (Phi) is 6.84. The van der Waals surface area contributed by atoms with Crippen LogP contribution in [0.4, 0.5) is 0 Å². The number of hydrogen-bond donors (Lipinski definition) is 1. The normalized spacial score (nSPS) is 16.3. The van der Waals surface area contributed by atoms with E-state index in [1.54, 1.807) is 23.3 Å². The van der Waals surface area contributed by atoms with Crippen molar-refractivity contribution in [3.05, 3.63) is 83.7 Å². The molecule has 0 spiro atoms. The van der Waals surface area contributed by atoms with Crippen molar-refractivity contribution in [3.63, 3.8) is 0 Å². The van der Waals surface area contributed by atoms with Crippen molar-refractivity contribution < 1.29 is 23.2 Å². The van der Waals surface area contributed by atoms with Gasteiger partial charge < -0.3 is 23.8 Å². The maximum absolute atomic E-state index is 12.7. The predicted molar refractivity (Wildman–Crippen MR) is 113 cm³/mol. The molecule has 1 unspecified atom stereocenters. The summed E-state index contributed by atoms with van der Waals surface area (Å²) in [6.45, 7) is 2.38. The first-order valence-electron chi connectivity index (χ1n) is 10.5. The molecule has 2 amide bonds. The first-order chi connectivity index (χ1) is 15.2. The number of carbonyl (C=O) groups excluding carboxylic acids is 2. The molecule has 3 heterocycles. The van der Waals surface area contributed by atoms with Crippen LogP contribution in [0, 0.1) is 5.92 Å². The van der Waals surface area contributed by atoms with Crippen molar-refractivity contribution in [3.8, 4) is 0 Å². The molecule has 3 aromatic rings. The third kappa shape index (κ3) is 5.64. The predicted octanol–water partition coefficient (Wildman–Crippen LogP) is 3.76. The molecule has 0 radical (unpaired) electrons. The Morgan fingerprint density at radius 2 is 1.87 bits per heavy atom. The Morgan fingerprint density at radius 1 is 1.03 bits per heavy atom. The van der Waals surface area contributed by atoms with Gasteiger partial charge in [-0.1, -0.05) is 24.3 Å². The van der Waals surface area contributed by atoms with Crippen LogP contribution in [-0.2, 0) is 29.3 Å². The lowest BCUT2D eigenvalue weighted by molar-refractivity contribution is -0.126. The number of ether oxygens (including phenoxy) is 1. The van der Waals surface area contributed by atoms with Gasteiger partial charge in [-0.2, -0.15) is 0 Å². The molecule has 0 bridgehead atoms. The molecule has 1 aliphatic rings. The van der Waals surface area contributed by atoms with Crippen LogP contribution in [0.2, 0.25) is 0 Å². The van der Waals surface area contributed by atoms with Crippen molar-refractivity contribution in [1.82, 2.24) is 10.2 Å². The number of nitrogens with zero attached hydrogens (tertiary/aromatic N) is 1. The van der Waals surface area contributed by atoms with Crippen LogP contribution >= 0.6 is 0 Å². The molecule has 7 nitrogen and oxygen atoms in total. The SMILES string of the molecule is O=C(NCc1cccc(COCc2ccco2)c1)C1CCCN(C(=O)c2ccco2)C1. The number of rotatable bonds is 8. The van der Waals surface area contributed by atoms with Crippen LogP contribution < -0.4 is 5.32 Å². The van der Waals surface area contributed by atoms with Crippen LogP contribution in [0.15, 0.2) is 69.9 Å². The average Bonchev–Trinajstić information content (AvgIpc) is 3.52. The summed E-state index contributed by atoms with van der Waals surface area (Å²) in [6, 6.07) is 15.0. The van der Waals surface area contributed by atoms with Crippen molar-refractivity contribution in [2.45, 2.75) is 32.6 Å². The lowest BCUT2D eigenvalue weighted by Gasteiger charge is -2.31. The van der Waals surface area contributed by atoms with Crippen LogP contribution in [0.5, 0.6) is 0 Å². The van der Waals surface area contributed by atoms with Gasteiger partial charge in [-0.05, 0) is 48.2 Å². The lowest BCUT2D eigenvalue weighted by Crippen LogP contribution is -2.45. The molecule has 162 valence electrons. The summed E-state index contributed by atoms with van der Waals surface area (Å²) >= 11 is 0. The Bertz CT molecular complexity index is 981. The van der Waals surface area contributed by atoms with Gasteiger partial charge >= 0.3 is 0 Å². The first-order valence-corrected chi connectivity index (χ1v) is 10.5. The maximum Gasteiger partial charge on any atom is 0.289 e. The molecule has 1 saturated heterocycles. The Morgan fingerprint density at radius 3 is 2.68 bits per heavy atom. The number of nitrogens with one attached hydrogen (secondary N) is 1. The molecule has 31 heavy (non-hydrogen) atoms. The molecule has 1 N–H and O–H groups in total. The lowest BCUT2D eigenvalue weighted by atomic mass is 9.96. The third-order valence-corrected chi connectivity index (χ3v) is 5.36. The molecule has 0 aliphatic carbocycles. The first kappa shape index (κ1) is 20.9. The van der Waals surface area contributed by atoms with Gasteiger partial charge in [0, 0.05) is 19.6 Å². The molecular weight excluding hydrogens is 396 g/mol. The summed E-state index contributed by atoms with van der Waals surface area (Å²) in [5, 5.41) is 3.01. The molecule has 1 aliphatic heterocycles. The smallest absolute Gasteiger partial charge is 0.289 e. The van der Waals surface area contributed by atoms with Crippen molar-refractivity contribution in [2.24, 2.45) is 5.92 Å². The van der Waals surface area contributed by atoms with Gasteiger partial charge in [-0.3, -0.25) is 9.59 Å². The highest BCUT2D eigenvalue weighted by Gasteiger charge is 2.29. The van der Waals surface area contributed by atoms with E-state index >= 15 is 0 Å². The zero-order valence-corrected chi connectivity index (χ0v) is 17.3. The molecule has 1 fully saturated rings. The molecule has 7 heteroatoms. The summed E-state index contributed by atoms with van der Waals surface area (Å²) in [6.07, 6.45) is 4.68. The number of furan rings is 2. The van der Waals surface area contributed by atoms with E-state index in [0.717, 1.165) is 29.7 Å². The highest BCUT2D eigenvalue weighted by Crippen LogP contribution is 2.19. The zero-order chi connectivity index (χ0) is 21.5. The summed E-state index contributed by atoms with van der Waals surface area (Å²) in [7, 11) is 0.